The first-order valence-corrected chi connectivity index (χ1v) is 7.55. The summed E-state index contributed by atoms with van der Waals surface area (Å²) in [5.41, 5.74) is 1.38. The summed E-state index contributed by atoms with van der Waals surface area (Å²) in [6, 6.07) is 12.9. The number of rotatable bonds is 6. The summed E-state index contributed by atoms with van der Waals surface area (Å²) < 4.78 is 13.0. The summed E-state index contributed by atoms with van der Waals surface area (Å²) in [7, 11) is 0. The van der Waals surface area contributed by atoms with Gasteiger partial charge >= 0.3 is 0 Å². The molecule has 0 spiro atoms. The molecule has 2 aromatic rings. The third-order valence-electron chi connectivity index (χ3n) is 3.21. The molecule has 0 aliphatic rings. The largest absolute Gasteiger partial charge is 0.387 e. The van der Waals surface area contributed by atoms with Crippen molar-refractivity contribution in [1.29, 1.82) is 0 Å². The maximum Gasteiger partial charge on any atom is 0.223 e. The molecule has 2 aromatic carbocycles. The standard InChI is InChI=1S/C18H17ClFNO2/c19-15-9-7-14(8-10-15)17(22)12-21-18(23)6-2-4-13-3-1-5-16(20)11-13/h1-5,7-11,17,22H,6,12H2,(H,21,23)/b4-2+. The van der Waals surface area contributed by atoms with E-state index in [1.54, 1.807) is 48.6 Å². The molecule has 0 aliphatic carbocycles. The Bertz CT molecular complexity index is 686. The van der Waals surface area contributed by atoms with Gasteiger partial charge in [-0.05, 0) is 35.4 Å². The van der Waals surface area contributed by atoms with Crippen LogP contribution in [0.3, 0.4) is 0 Å². The van der Waals surface area contributed by atoms with Crippen LogP contribution in [0.2, 0.25) is 5.02 Å². The van der Waals surface area contributed by atoms with Gasteiger partial charge in [0, 0.05) is 18.0 Å². The molecule has 3 nitrogen and oxygen atoms in total. The molecule has 0 heterocycles. The number of hydrogen-bond acceptors (Lipinski definition) is 2. The molecule has 5 heteroatoms. The lowest BCUT2D eigenvalue weighted by Crippen LogP contribution is -2.27. The van der Waals surface area contributed by atoms with Crippen LogP contribution in [0.15, 0.2) is 54.6 Å². The van der Waals surface area contributed by atoms with Gasteiger partial charge in [0.15, 0.2) is 0 Å². The zero-order valence-corrected chi connectivity index (χ0v) is 13.1. The van der Waals surface area contributed by atoms with Crippen molar-refractivity contribution in [1.82, 2.24) is 5.32 Å². The molecule has 1 atom stereocenters. The van der Waals surface area contributed by atoms with Crippen LogP contribution < -0.4 is 5.32 Å². The van der Waals surface area contributed by atoms with E-state index in [0.717, 1.165) is 0 Å². The smallest absolute Gasteiger partial charge is 0.223 e. The summed E-state index contributed by atoms with van der Waals surface area (Å²) in [6.45, 7) is 0.119. The zero-order chi connectivity index (χ0) is 16.7. The molecule has 0 fully saturated rings. The Kier molecular flexibility index (Phi) is 6.32. The number of carbonyl (C=O) groups is 1. The minimum absolute atomic E-state index is 0.119. The van der Waals surface area contributed by atoms with Crippen LogP contribution in [0.25, 0.3) is 6.08 Å². The Balaban J connectivity index is 1.77. The van der Waals surface area contributed by atoms with E-state index in [0.29, 0.717) is 16.1 Å². The highest BCUT2D eigenvalue weighted by atomic mass is 35.5. The van der Waals surface area contributed by atoms with Crippen molar-refractivity contribution in [2.24, 2.45) is 0 Å². The van der Waals surface area contributed by atoms with Crippen LogP contribution in [0.1, 0.15) is 23.7 Å². The summed E-state index contributed by atoms with van der Waals surface area (Å²) in [4.78, 5) is 11.7. The van der Waals surface area contributed by atoms with Crippen LogP contribution in [-0.2, 0) is 4.79 Å². The van der Waals surface area contributed by atoms with Crippen molar-refractivity contribution in [2.45, 2.75) is 12.5 Å². The van der Waals surface area contributed by atoms with E-state index >= 15 is 0 Å². The molecule has 2 N–H and O–H groups in total. The lowest BCUT2D eigenvalue weighted by Gasteiger charge is -2.11. The second kappa shape index (κ2) is 8.46. The van der Waals surface area contributed by atoms with Gasteiger partial charge in [0.05, 0.1) is 6.10 Å². The van der Waals surface area contributed by atoms with Gasteiger partial charge in [0.1, 0.15) is 5.82 Å². The monoisotopic (exact) mass is 333 g/mol. The highest BCUT2D eigenvalue weighted by Gasteiger charge is 2.08. The number of carbonyl (C=O) groups excluding carboxylic acids is 1. The van der Waals surface area contributed by atoms with Crippen molar-refractivity contribution in [3.63, 3.8) is 0 Å². The number of hydrogen-bond donors (Lipinski definition) is 2. The van der Waals surface area contributed by atoms with Gasteiger partial charge in [-0.25, -0.2) is 4.39 Å². The second-order valence-electron chi connectivity index (χ2n) is 5.03. The fourth-order valence-corrected chi connectivity index (χ4v) is 2.12. The first-order chi connectivity index (χ1) is 11.0. The van der Waals surface area contributed by atoms with E-state index < -0.39 is 6.10 Å². The second-order valence-corrected chi connectivity index (χ2v) is 5.47. The van der Waals surface area contributed by atoms with E-state index in [1.807, 2.05) is 0 Å². The molecule has 0 aliphatic heterocycles. The minimum Gasteiger partial charge on any atom is -0.387 e. The Hall–Kier alpha value is -2.17. The van der Waals surface area contributed by atoms with E-state index in [2.05, 4.69) is 5.32 Å². The summed E-state index contributed by atoms with van der Waals surface area (Å²) >= 11 is 5.78. The van der Waals surface area contributed by atoms with Gasteiger partial charge in [-0.3, -0.25) is 4.79 Å². The molecular formula is C18H17ClFNO2. The molecule has 0 radical (unpaired) electrons. The van der Waals surface area contributed by atoms with Gasteiger partial charge in [-0.15, -0.1) is 0 Å². The third-order valence-corrected chi connectivity index (χ3v) is 3.46. The normalized spacial score (nSPS) is 12.3. The Morgan fingerprint density at radius 2 is 2.00 bits per heavy atom. The minimum atomic E-state index is -0.789. The number of amides is 1. The Morgan fingerprint density at radius 1 is 1.26 bits per heavy atom. The quantitative estimate of drug-likeness (QED) is 0.846. The van der Waals surface area contributed by atoms with E-state index in [-0.39, 0.29) is 24.7 Å². The lowest BCUT2D eigenvalue weighted by molar-refractivity contribution is -0.120. The lowest BCUT2D eigenvalue weighted by atomic mass is 10.1. The predicted octanol–water partition coefficient (Wildman–Crippen LogP) is 3.73. The van der Waals surface area contributed by atoms with Crippen LogP contribution >= 0.6 is 11.6 Å². The molecule has 0 bridgehead atoms. The van der Waals surface area contributed by atoms with Gasteiger partial charge < -0.3 is 10.4 Å². The van der Waals surface area contributed by atoms with Gasteiger partial charge in [0.2, 0.25) is 5.91 Å². The number of halogens is 2. The van der Waals surface area contributed by atoms with Crippen molar-refractivity contribution >= 4 is 23.6 Å². The molecule has 0 aromatic heterocycles. The molecule has 1 amide bonds. The molecule has 120 valence electrons. The van der Waals surface area contributed by atoms with Crippen LogP contribution in [0, 0.1) is 5.82 Å². The SMILES string of the molecule is O=C(C/C=C/c1cccc(F)c1)NCC(O)c1ccc(Cl)cc1. The number of benzene rings is 2. The van der Waals surface area contributed by atoms with Crippen LogP contribution in [0.4, 0.5) is 4.39 Å². The van der Waals surface area contributed by atoms with Gasteiger partial charge in [-0.2, -0.15) is 0 Å². The van der Waals surface area contributed by atoms with Gasteiger partial charge in [-0.1, -0.05) is 48.0 Å². The average Bonchev–Trinajstić information content (AvgIpc) is 2.53. The highest BCUT2D eigenvalue weighted by Crippen LogP contribution is 2.15. The molecule has 0 saturated heterocycles. The fraction of sp³-hybridized carbons (Fsp3) is 0.167. The highest BCUT2D eigenvalue weighted by molar-refractivity contribution is 6.30. The maximum atomic E-state index is 13.0. The van der Waals surface area contributed by atoms with E-state index in [9.17, 15) is 14.3 Å². The summed E-state index contributed by atoms with van der Waals surface area (Å²) in [6.07, 6.45) is 2.70. The number of aliphatic hydroxyl groups is 1. The van der Waals surface area contributed by atoms with Crippen LogP contribution in [0.5, 0.6) is 0 Å². The topological polar surface area (TPSA) is 49.3 Å². The summed E-state index contributed by atoms with van der Waals surface area (Å²) in [5, 5.41) is 13.2. The predicted molar refractivity (Wildman–Crippen MR) is 89.5 cm³/mol. The molecular weight excluding hydrogens is 317 g/mol. The maximum absolute atomic E-state index is 13.0. The Morgan fingerprint density at radius 3 is 2.70 bits per heavy atom. The summed E-state index contributed by atoms with van der Waals surface area (Å²) in [5.74, 6) is -0.534. The van der Waals surface area contributed by atoms with E-state index in [1.165, 1.54) is 12.1 Å². The van der Waals surface area contributed by atoms with E-state index in [4.69, 9.17) is 11.6 Å². The van der Waals surface area contributed by atoms with Crippen molar-refractivity contribution < 1.29 is 14.3 Å². The van der Waals surface area contributed by atoms with Crippen molar-refractivity contribution in [3.8, 4) is 0 Å². The van der Waals surface area contributed by atoms with Crippen LogP contribution in [-0.4, -0.2) is 17.6 Å². The first-order valence-electron chi connectivity index (χ1n) is 7.17. The molecule has 1 unspecified atom stereocenters. The fourth-order valence-electron chi connectivity index (χ4n) is 2.00. The molecule has 2 rings (SSSR count). The molecule has 23 heavy (non-hydrogen) atoms. The number of aliphatic hydroxyl groups excluding tert-OH is 1. The van der Waals surface area contributed by atoms with Crippen molar-refractivity contribution in [3.05, 3.63) is 76.6 Å². The average molecular weight is 334 g/mol. The number of nitrogens with one attached hydrogen (secondary N) is 1. The molecule has 0 saturated carbocycles. The Labute approximate surface area is 139 Å². The van der Waals surface area contributed by atoms with Gasteiger partial charge in [0.25, 0.3) is 0 Å². The van der Waals surface area contributed by atoms with Crippen molar-refractivity contribution in [2.75, 3.05) is 6.54 Å². The zero-order valence-electron chi connectivity index (χ0n) is 12.4. The third kappa shape index (κ3) is 5.85. The first kappa shape index (κ1) is 17.2.